The number of hydrogen-bond donors (Lipinski definition) is 1. The third kappa shape index (κ3) is 1.88. The molecular weight excluding hydrogens is 236 g/mol. The molecule has 1 heterocycles. The molecule has 1 aromatic carbocycles. The maximum atomic E-state index is 13.3. The molecule has 4 heteroatoms. The van der Waals surface area contributed by atoms with Gasteiger partial charge in [-0.2, -0.15) is 0 Å². The lowest BCUT2D eigenvalue weighted by atomic mass is 9.75. The Morgan fingerprint density at radius 2 is 1.83 bits per heavy atom. The van der Waals surface area contributed by atoms with Crippen molar-refractivity contribution in [1.82, 2.24) is 0 Å². The summed E-state index contributed by atoms with van der Waals surface area (Å²) >= 11 is 0. The molecule has 1 fully saturated rings. The maximum Gasteiger partial charge on any atom is 0.248 e. The lowest BCUT2D eigenvalue weighted by molar-refractivity contribution is -0.0516. The van der Waals surface area contributed by atoms with Gasteiger partial charge in [-0.3, -0.25) is 0 Å². The first kappa shape index (κ1) is 11.9. The second-order valence-corrected chi connectivity index (χ2v) is 5.40. The summed E-state index contributed by atoms with van der Waals surface area (Å²) in [4.78, 5) is 0. The fourth-order valence-corrected chi connectivity index (χ4v) is 2.94. The minimum absolute atomic E-state index is 0.132. The van der Waals surface area contributed by atoms with Gasteiger partial charge in [0.1, 0.15) is 5.75 Å². The number of fused-ring (bicyclic) bond motifs is 1. The molecule has 18 heavy (non-hydrogen) atoms. The van der Waals surface area contributed by atoms with Crippen LogP contribution in [0.3, 0.4) is 0 Å². The van der Waals surface area contributed by atoms with Gasteiger partial charge < -0.3 is 10.5 Å². The van der Waals surface area contributed by atoms with E-state index in [1.165, 1.54) is 0 Å². The number of alkyl halides is 2. The van der Waals surface area contributed by atoms with Crippen molar-refractivity contribution in [3.8, 4) is 5.75 Å². The molecule has 0 radical (unpaired) electrons. The summed E-state index contributed by atoms with van der Waals surface area (Å²) < 4.78 is 32.1. The molecule has 2 nitrogen and oxygen atoms in total. The van der Waals surface area contributed by atoms with Crippen molar-refractivity contribution in [2.24, 2.45) is 5.73 Å². The smallest absolute Gasteiger partial charge is 0.248 e. The van der Waals surface area contributed by atoms with Crippen LogP contribution in [0, 0.1) is 0 Å². The van der Waals surface area contributed by atoms with E-state index in [1.54, 1.807) is 0 Å². The molecule has 1 aromatic rings. The molecule has 0 saturated heterocycles. The Bertz CT molecular complexity index is 463. The van der Waals surface area contributed by atoms with Crippen LogP contribution in [0.2, 0.25) is 0 Å². The largest absolute Gasteiger partial charge is 0.493 e. The highest BCUT2D eigenvalue weighted by atomic mass is 19.3. The third-order valence-corrected chi connectivity index (χ3v) is 4.12. The van der Waals surface area contributed by atoms with Gasteiger partial charge in [0.15, 0.2) is 0 Å². The second kappa shape index (κ2) is 3.92. The first-order chi connectivity index (χ1) is 8.50. The minimum atomic E-state index is -2.55. The number of hydrogen-bond acceptors (Lipinski definition) is 2. The van der Waals surface area contributed by atoms with Crippen molar-refractivity contribution >= 4 is 0 Å². The van der Waals surface area contributed by atoms with Crippen molar-refractivity contribution in [2.45, 2.75) is 43.6 Å². The van der Waals surface area contributed by atoms with Gasteiger partial charge in [-0.25, -0.2) is 8.78 Å². The van der Waals surface area contributed by atoms with Crippen molar-refractivity contribution in [3.63, 3.8) is 0 Å². The monoisotopic (exact) mass is 253 g/mol. The molecule has 3 rings (SSSR count). The van der Waals surface area contributed by atoms with Crippen LogP contribution in [-0.2, 0) is 12.0 Å². The van der Waals surface area contributed by atoms with Crippen LogP contribution in [0.25, 0.3) is 0 Å². The number of ether oxygens (including phenoxy) is 1. The molecule has 2 aliphatic rings. The van der Waals surface area contributed by atoms with Crippen LogP contribution >= 0.6 is 0 Å². The molecule has 0 aromatic heterocycles. The van der Waals surface area contributed by atoms with Crippen molar-refractivity contribution < 1.29 is 13.5 Å². The topological polar surface area (TPSA) is 35.2 Å². The van der Waals surface area contributed by atoms with E-state index in [-0.39, 0.29) is 12.8 Å². The summed E-state index contributed by atoms with van der Waals surface area (Å²) in [7, 11) is 0. The van der Waals surface area contributed by atoms with Gasteiger partial charge in [-0.15, -0.1) is 0 Å². The standard InChI is InChI=1S/C14H17F2NO/c15-14(16)7-5-13(17,6-8-14)11-3-1-2-10-4-9-18-12(10)11/h1-3H,4-9,17H2. The van der Waals surface area contributed by atoms with E-state index in [0.29, 0.717) is 19.4 Å². The van der Waals surface area contributed by atoms with Crippen LogP contribution in [0.15, 0.2) is 18.2 Å². The summed E-state index contributed by atoms with van der Waals surface area (Å²) in [5.41, 5.74) is 7.76. The fourth-order valence-electron chi connectivity index (χ4n) is 2.94. The molecule has 0 spiro atoms. The van der Waals surface area contributed by atoms with Crippen LogP contribution in [0.5, 0.6) is 5.75 Å². The van der Waals surface area contributed by atoms with Crippen molar-refractivity contribution in [2.75, 3.05) is 6.61 Å². The SMILES string of the molecule is NC1(c2cccc3c2OCC3)CCC(F)(F)CC1. The minimum Gasteiger partial charge on any atom is -0.493 e. The van der Waals surface area contributed by atoms with E-state index in [0.717, 1.165) is 23.3 Å². The van der Waals surface area contributed by atoms with Gasteiger partial charge in [0.05, 0.1) is 6.61 Å². The Kier molecular flexibility index (Phi) is 2.59. The van der Waals surface area contributed by atoms with Gasteiger partial charge in [-0.1, -0.05) is 18.2 Å². The number of rotatable bonds is 1. The fraction of sp³-hybridized carbons (Fsp3) is 0.571. The van der Waals surface area contributed by atoms with E-state index in [2.05, 4.69) is 0 Å². The molecule has 1 aliphatic heterocycles. The Hall–Kier alpha value is -1.16. The van der Waals surface area contributed by atoms with Gasteiger partial charge in [0.25, 0.3) is 0 Å². The third-order valence-electron chi connectivity index (χ3n) is 4.12. The summed E-state index contributed by atoms with van der Waals surface area (Å²) in [6.45, 7) is 0.665. The van der Waals surface area contributed by atoms with Crippen LogP contribution < -0.4 is 10.5 Å². The highest BCUT2D eigenvalue weighted by molar-refractivity contribution is 5.47. The summed E-state index contributed by atoms with van der Waals surface area (Å²) in [5.74, 6) is -1.72. The maximum absolute atomic E-state index is 13.3. The predicted octanol–water partition coefficient (Wildman–Crippen LogP) is 2.98. The molecule has 98 valence electrons. The quantitative estimate of drug-likeness (QED) is 0.835. The van der Waals surface area contributed by atoms with Gasteiger partial charge in [0.2, 0.25) is 5.92 Å². The zero-order valence-electron chi connectivity index (χ0n) is 10.2. The Morgan fingerprint density at radius 3 is 2.56 bits per heavy atom. The number of para-hydroxylation sites is 1. The molecule has 0 unspecified atom stereocenters. The molecule has 2 N–H and O–H groups in total. The van der Waals surface area contributed by atoms with Gasteiger partial charge in [0, 0.05) is 30.4 Å². The summed E-state index contributed by atoms with van der Waals surface area (Å²) in [5, 5.41) is 0. The zero-order valence-corrected chi connectivity index (χ0v) is 10.2. The first-order valence-corrected chi connectivity index (χ1v) is 6.42. The van der Waals surface area contributed by atoms with E-state index in [1.807, 2.05) is 18.2 Å². The van der Waals surface area contributed by atoms with Crippen LogP contribution in [0.4, 0.5) is 8.78 Å². The average molecular weight is 253 g/mol. The van der Waals surface area contributed by atoms with E-state index in [4.69, 9.17) is 10.5 Å². The van der Waals surface area contributed by atoms with Crippen LogP contribution in [-0.4, -0.2) is 12.5 Å². The van der Waals surface area contributed by atoms with E-state index >= 15 is 0 Å². The van der Waals surface area contributed by atoms with Gasteiger partial charge in [-0.05, 0) is 18.4 Å². The molecule has 0 atom stereocenters. The summed E-state index contributed by atoms with van der Waals surface area (Å²) in [6, 6.07) is 5.89. The Labute approximate surface area is 105 Å². The van der Waals surface area contributed by atoms with Gasteiger partial charge >= 0.3 is 0 Å². The van der Waals surface area contributed by atoms with Crippen molar-refractivity contribution in [1.29, 1.82) is 0 Å². The lowest BCUT2D eigenvalue weighted by Gasteiger charge is -2.38. The highest BCUT2D eigenvalue weighted by Gasteiger charge is 2.43. The molecule has 1 saturated carbocycles. The zero-order chi connectivity index (χ0) is 12.8. The molecule has 0 amide bonds. The average Bonchev–Trinajstić information content (AvgIpc) is 2.81. The number of halogens is 2. The predicted molar refractivity (Wildman–Crippen MR) is 64.9 cm³/mol. The Balaban J connectivity index is 1.93. The number of nitrogens with two attached hydrogens (primary N) is 1. The normalized spacial score (nSPS) is 24.4. The summed E-state index contributed by atoms with van der Waals surface area (Å²) in [6.07, 6.45) is 1.26. The van der Waals surface area contributed by atoms with Crippen molar-refractivity contribution in [3.05, 3.63) is 29.3 Å². The lowest BCUT2D eigenvalue weighted by Crippen LogP contribution is -2.43. The molecule has 0 bridgehead atoms. The molecule has 1 aliphatic carbocycles. The van der Waals surface area contributed by atoms with E-state index in [9.17, 15) is 8.78 Å². The second-order valence-electron chi connectivity index (χ2n) is 5.40. The Morgan fingerprint density at radius 1 is 1.11 bits per heavy atom. The number of benzene rings is 1. The highest BCUT2D eigenvalue weighted by Crippen LogP contribution is 2.46. The molecular formula is C14H17F2NO. The van der Waals surface area contributed by atoms with E-state index < -0.39 is 11.5 Å². The van der Waals surface area contributed by atoms with Crippen LogP contribution in [0.1, 0.15) is 36.8 Å². The first-order valence-electron chi connectivity index (χ1n) is 6.42.